The Labute approximate surface area is 208 Å². The standard InChI is InChI=1S/C22H28BCl2N3O6/c1-12(2)6-13(7-15(29)9-27-20(30)16-8-14(24)4-5-17(16)25)23-28(3)18(21(31)33-23)10-26-11-19(28)22(32)34-23/h4-5,8,12-13,18-19,26H,6-7,9-11H2,1-3H3,(H,27,30)/t13-,18+,19+,23?,28?/m1/s1. The van der Waals surface area contributed by atoms with Crippen molar-refractivity contribution in [2.45, 2.75) is 44.6 Å². The van der Waals surface area contributed by atoms with Crippen molar-refractivity contribution in [3.8, 4) is 0 Å². The summed E-state index contributed by atoms with van der Waals surface area (Å²) in [6, 6.07) is 3.36. The van der Waals surface area contributed by atoms with Gasteiger partial charge in [-0.15, -0.1) is 0 Å². The summed E-state index contributed by atoms with van der Waals surface area (Å²) in [5, 5.41) is 6.28. The number of hydrogen-bond donors (Lipinski definition) is 2. The molecular formula is C22H28BCl2N3O6. The number of carbonyl (C=O) groups is 4. The van der Waals surface area contributed by atoms with Crippen molar-refractivity contribution in [1.29, 1.82) is 0 Å². The van der Waals surface area contributed by atoms with Crippen molar-refractivity contribution in [2.24, 2.45) is 5.92 Å². The number of nitrogens with one attached hydrogen (secondary N) is 2. The first-order valence-corrected chi connectivity index (χ1v) is 12.2. The van der Waals surface area contributed by atoms with E-state index in [4.69, 9.17) is 32.5 Å². The van der Waals surface area contributed by atoms with Crippen LogP contribution >= 0.6 is 23.2 Å². The molecule has 3 aliphatic rings. The number of Topliss-reactive ketones (excluding diaryl/α,β-unsaturated/α-hetero) is 1. The Morgan fingerprint density at radius 3 is 2.38 bits per heavy atom. The first-order valence-electron chi connectivity index (χ1n) is 11.4. The van der Waals surface area contributed by atoms with E-state index < -0.39 is 42.4 Å². The van der Waals surface area contributed by atoms with E-state index in [1.165, 1.54) is 12.1 Å². The fourth-order valence-corrected chi connectivity index (χ4v) is 6.17. The molecule has 0 aromatic heterocycles. The lowest BCUT2D eigenvalue weighted by molar-refractivity contribution is -0.846. The maximum atomic E-state index is 13.0. The van der Waals surface area contributed by atoms with Gasteiger partial charge in [-0.05, 0) is 36.4 Å². The summed E-state index contributed by atoms with van der Waals surface area (Å²) < 4.78 is 11.8. The molecule has 184 valence electrons. The summed E-state index contributed by atoms with van der Waals surface area (Å²) in [5.74, 6) is -1.99. The van der Waals surface area contributed by atoms with Gasteiger partial charge in [0.1, 0.15) is 5.78 Å². The number of ketones is 1. The minimum Gasteiger partial charge on any atom is -0.600 e. The molecule has 3 aliphatic heterocycles. The third-order valence-corrected chi connectivity index (χ3v) is 7.95. The van der Waals surface area contributed by atoms with E-state index in [1.807, 2.05) is 20.9 Å². The highest BCUT2D eigenvalue weighted by Crippen LogP contribution is 2.51. The summed E-state index contributed by atoms with van der Waals surface area (Å²) in [6.45, 7) is 2.06. The minimum absolute atomic E-state index is 0.0109. The number of halogens is 2. The van der Waals surface area contributed by atoms with Crippen LogP contribution in [0, 0.1) is 5.92 Å². The Morgan fingerprint density at radius 1 is 1.18 bits per heavy atom. The van der Waals surface area contributed by atoms with Gasteiger partial charge in [-0.1, -0.05) is 43.5 Å². The van der Waals surface area contributed by atoms with Gasteiger partial charge in [0, 0.05) is 12.1 Å². The van der Waals surface area contributed by atoms with Gasteiger partial charge in [-0.25, -0.2) is 9.59 Å². The summed E-state index contributed by atoms with van der Waals surface area (Å²) >= 11 is 12.0. The lowest BCUT2D eigenvalue weighted by Crippen LogP contribution is -2.74. The summed E-state index contributed by atoms with van der Waals surface area (Å²) in [7, 11) is 1.83. The van der Waals surface area contributed by atoms with Crippen molar-refractivity contribution in [3.05, 3.63) is 33.8 Å². The average molecular weight is 512 g/mol. The maximum Gasteiger partial charge on any atom is 0.587 e. The molecule has 3 heterocycles. The van der Waals surface area contributed by atoms with Crippen molar-refractivity contribution in [1.82, 2.24) is 10.6 Å². The molecule has 9 nitrogen and oxygen atoms in total. The quantitative estimate of drug-likeness (QED) is 0.513. The predicted octanol–water partition coefficient (Wildman–Crippen LogP) is 1.94. The number of hydrogen-bond acceptors (Lipinski definition) is 7. The fraction of sp³-hybridized carbons (Fsp3) is 0.545. The topological polar surface area (TPSA) is 111 Å². The largest absolute Gasteiger partial charge is 0.600 e. The highest BCUT2D eigenvalue weighted by molar-refractivity contribution is 6.68. The molecule has 12 heteroatoms. The molecule has 3 fully saturated rings. The number of benzene rings is 1. The molecule has 0 unspecified atom stereocenters. The third kappa shape index (κ3) is 4.00. The molecule has 0 bridgehead atoms. The highest BCUT2D eigenvalue weighted by Gasteiger charge is 2.76. The first kappa shape index (κ1) is 25.0. The maximum absolute atomic E-state index is 13.0. The molecule has 4 rings (SSSR count). The van der Waals surface area contributed by atoms with E-state index in [-0.39, 0.29) is 39.6 Å². The average Bonchev–Trinajstić information content (AvgIpc) is 3.13. The van der Waals surface area contributed by atoms with Crippen molar-refractivity contribution < 1.29 is 32.9 Å². The summed E-state index contributed by atoms with van der Waals surface area (Å²) in [6.07, 6.45) is 0.504. The van der Waals surface area contributed by atoms with Crippen LogP contribution in [-0.4, -0.2) is 73.5 Å². The third-order valence-electron chi connectivity index (χ3n) is 7.39. The molecule has 3 atom stereocenters. The van der Waals surface area contributed by atoms with Gasteiger partial charge < -0.3 is 24.3 Å². The molecule has 0 aliphatic carbocycles. The monoisotopic (exact) mass is 511 g/mol. The van der Waals surface area contributed by atoms with E-state index in [0.29, 0.717) is 24.5 Å². The van der Waals surface area contributed by atoms with Gasteiger partial charge in [0.25, 0.3) is 5.91 Å². The van der Waals surface area contributed by atoms with E-state index >= 15 is 0 Å². The van der Waals surface area contributed by atoms with Crippen LogP contribution in [-0.2, 0) is 23.7 Å². The van der Waals surface area contributed by atoms with E-state index in [2.05, 4.69) is 10.6 Å². The van der Waals surface area contributed by atoms with Crippen molar-refractivity contribution in [2.75, 3.05) is 26.7 Å². The predicted molar refractivity (Wildman–Crippen MR) is 126 cm³/mol. The molecule has 1 amide bonds. The number of amides is 1. The molecule has 0 radical (unpaired) electrons. The van der Waals surface area contributed by atoms with E-state index in [0.717, 1.165) is 0 Å². The van der Waals surface area contributed by atoms with Crippen LogP contribution in [0.15, 0.2) is 18.2 Å². The zero-order valence-corrected chi connectivity index (χ0v) is 20.8. The van der Waals surface area contributed by atoms with E-state index in [1.54, 1.807) is 6.07 Å². The normalized spacial score (nSPS) is 30.5. The van der Waals surface area contributed by atoms with Gasteiger partial charge in [0.05, 0.1) is 30.2 Å². The first-order chi connectivity index (χ1) is 16.0. The number of quaternary nitrogens is 1. The minimum atomic E-state index is -2.44. The van der Waals surface area contributed by atoms with Crippen LogP contribution in [0.1, 0.15) is 37.0 Å². The molecule has 3 saturated heterocycles. The van der Waals surface area contributed by atoms with Crippen LogP contribution < -0.4 is 10.6 Å². The lowest BCUT2D eigenvalue weighted by Gasteiger charge is -2.51. The smallest absolute Gasteiger partial charge is 0.587 e. The van der Waals surface area contributed by atoms with Gasteiger partial charge in [-0.2, -0.15) is 0 Å². The molecule has 2 N–H and O–H groups in total. The lowest BCUT2D eigenvalue weighted by atomic mass is 9.51. The Balaban J connectivity index is 1.54. The van der Waals surface area contributed by atoms with Crippen LogP contribution in [0.25, 0.3) is 0 Å². The summed E-state index contributed by atoms with van der Waals surface area (Å²) in [4.78, 5) is 51.2. The molecule has 1 aromatic carbocycles. The fourth-order valence-electron chi connectivity index (χ4n) is 5.80. The van der Waals surface area contributed by atoms with Gasteiger partial charge in [-0.3, -0.25) is 9.59 Å². The Bertz CT molecular complexity index is 1030. The van der Waals surface area contributed by atoms with Crippen LogP contribution in [0.5, 0.6) is 0 Å². The number of piperazine rings is 1. The van der Waals surface area contributed by atoms with Gasteiger partial charge in [0.2, 0.25) is 0 Å². The van der Waals surface area contributed by atoms with E-state index in [9.17, 15) is 19.2 Å². The van der Waals surface area contributed by atoms with Crippen LogP contribution in [0.2, 0.25) is 15.9 Å². The van der Waals surface area contributed by atoms with Crippen molar-refractivity contribution >= 4 is 53.5 Å². The summed E-state index contributed by atoms with van der Waals surface area (Å²) in [5.41, 5.74) is 0.169. The molecule has 0 spiro atoms. The Hall–Kier alpha value is -2.14. The molecular weight excluding hydrogens is 484 g/mol. The Morgan fingerprint density at radius 2 is 1.79 bits per heavy atom. The molecule has 0 saturated carbocycles. The number of nitrogens with zero attached hydrogens (tertiary/aromatic N) is 1. The SMILES string of the molecule is CC(C)C[C@H](CC(=O)CNC(=O)c1cc(Cl)ccc1Cl)[B-]12OC(=O)[C@@H]3CNC[C@@H](C(=O)O1)[N+]32C. The Kier molecular flexibility index (Phi) is 6.72. The molecule has 1 aromatic rings. The second-order valence-corrected chi connectivity index (χ2v) is 10.8. The van der Waals surface area contributed by atoms with Gasteiger partial charge >= 0.3 is 18.6 Å². The van der Waals surface area contributed by atoms with Crippen LogP contribution in [0.3, 0.4) is 0 Å². The zero-order chi connectivity index (χ0) is 24.8. The van der Waals surface area contributed by atoms with Gasteiger partial charge in [0.15, 0.2) is 12.1 Å². The highest BCUT2D eigenvalue weighted by atomic mass is 35.5. The van der Waals surface area contributed by atoms with Crippen LogP contribution in [0.4, 0.5) is 0 Å². The second kappa shape index (κ2) is 9.15. The number of rotatable bonds is 8. The number of carbonyl (C=O) groups excluding carboxylic acids is 4. The van der Waals surface area contributed by atoms with Crippen molar-refractivity contribution in [3.63, 3.8) is 0 Å². The second-order valence-electron chi connectivity index (χ2n) is 9.95. The zero-order valence-electron chi connectivity index (χ0n) is 19.3. The number of likely N-dealkylation sites (N-methyl/N-ethyl adjacent to an activating group) is 1. The molecule has 34 heavy (non-hydrogen) atoms.